The Balaban J connectivity index is 1.66. The fourth-order valence-electron chi connectivity index (χ4n) is 3.57. The molecule has 2 atom stereocenters. The van der Waals surface area contributed by atoms with Crippen LogP contribution in [0, 0.1) is 17.2 Å². The predicted molar refractivity (Wildman–Crippen MR) is 108 cm³/mol. The smallest absolute Gasteiger partial charge is 0.274 e. The number of carbonyl (C=O) groups is 1. The number of benzene rings is 1. The fourth-order valence-corrected chi connectivity index (χ4v) is 4.69. The van der Waals surface area contributed by atoms with Gasteiger partial charge in [-0.05, 0) is 43.7 Å². The number of ether oxygens (including phenoxy) is 1. The van der Waals surface area contributed by atoms with Crippen LogP contribution in [-0.2, 0) is 5.54 Å². The molecule has 0 saturated carbocycles. The Labute approximate surface area is 167 Å². The summed E-state index contributed by atoms with van der Waals surface area (Å²) in [6, 6.07) is 10.6. The number of aliphatic imine (C=N–C) groups is 1. The minimum Gasteiger partial charge on any atom is -0.493 e. The van der Waals surface area contributed by atoms with E-state index < -0.39 is 5.54 Å². The summed E-state index contributed by atoms with van der Waals surface area (Å²) in [7, 11) is 0. The first kappa shape index (κ1) is 18.3. The monoisotopic (exact) mass is 393 g/mol. The summed E-state index contributed by atoms with van der Waals surface area (Å²) < 4.78 is 5.94. The van der Waals surface area contributed by atoms with Crippen LogP contribution in [-0.4, -0.2) is 28.4 Å². The van der Waals surface area contributed by atoms with Crippen LogP contribution in [0.5, 0.6) is 5.75 Å². The first-order valence-corrected chi connectivity index (χ1v) is 9.91. The normalized spacial score (nSPS) is 23.1. The van der Waals surface area contributed by atoms with Crippen LogP contribution in [0.4, 0.5) is 5.69 Å². The number of nitrogens with two attached hydrogens (primary N) is 1. The number of anilines is 1. The zero-order valence-electron chi connectivity index (χ0n) is 15.3. The number of hydrogen-bond donors (Lipinski definition) is 2. The maximum atomic E-state index is 12.5. The molecule has 2 aliphatic rings. The highest BCUT2D eigenvalue weighted by molar-refractivity contribution is 8.13. The van der Waals surface area contributed by atoms with Crippen LogP contribution in [0.1, 0.15) is 35.0 Å². The minimum absolute atomic E-state index is 0.241. The number of nitriles is 1. The van der Waals surface area contributed by atoms with Crippen LogP contribution in [0.2, 0.25) is 0 Å². The molecule has 0 bridgehead atoms. The van der Waals surface area contributed by atoms with E-state index in [1.54, 1.807) is 23.9 Å². The van der Waals surface area contributed by atoms with Crippen molar-refractivity contribution >= 4 is 28.5 Å². The van der Waals surface area contributed by atoms with Crippen molar-refractivity contribution in [2.45, 2.75) is 18.9 Å². The van der Waals surface area contributed by atoms with Crippen molar-refractivity contribution in [3.8, 4) is 11.8 Å². The lowest BCUT2D eigenvalue weighted by Crippen LogP contribution is -2.37. The highest BCUT2D eigenvalue weighted by Crippen LogP contribution is 2.47. The van der Waals surface area contributed by atoms with Gasteiger partial charge in [0.05, 0.1) is 17.7 Å². The molecule has 0 unspecified atom stereocenters. The second-order valence-electron chi connectivity index (χ2n) is 6.95. The molecule has 2 aliphatic heterocycles. The van der Waals surface area contributed by atoms with Crippen LogP contribution in [0.15, 0.2) is 41.5 Å². The molecule has 1 aromatic heterocycles. The molecule has 1 amide bonds. The molecule has 0 radical (unpaired) electrons. The van der Waals surface area contributed by atoms with Crippen molar-refractivity contribution in [3.05, 3.63) is 53.3 Å². The first-order chi connectivity index (χ1) is 13.5. The highest BCUT2D eigenvalue weighted by atomic mass is 32.2. The van der Waals surface area contributed by atoms with Crippen molar-refractivity contribution in [2.75, 3.05) is 17.7 Å². The molecule has 2 aromatic rings. The van der Waals surface area contributed by atoms with Gasteiger partial charge in [-0.3, -0.25) is 9.79 Å². The molecule has 0 aliphatic carbocycles. The van der Waals surface area contributed by atoms with Gasteiger partial charge < -0.3 is 15.8 Å². The Hall–Kier alpha value is -3.05. The molecule has 7 nitrogen and oxygen atoms in total. The lowest BCUT2D eigenvalue weighted by Gasteiger charge is -2.36. The van der Waals surface area contributed by atoms with Crippen molar-refractivity contribution in [1.29, 1.82) is 5.26 Å². The molecular formula is C20H19N5O2S. The van der Waals surface area contributed by atoms with Gasteiger partial charge in [-0.1, -0.05) is 11.8 Å². The minimum atomic E-state index is -0.491. The standard InChI is InChI=1S/C20H19N5O2S/c1-20-13(11-28-19(22)25-20)6-7-27-17-5-3-14(8-15(17)20)24-18(26)16-4-2-12(9-21)10-23-16/h2-5,8,10,13H,6-7,11H2,1H3,(H2,22,25)(H,24,26)/t13-,20+/m1/s1. The largest absolute Gasteiger partial charge is 0.493 e. The molecule has 0 saturated heterocycles. The molecule has 4 rings (SSSR count). The van der Waals surface area contributed by atoms with Gasteiger partial charge in [0, 0.05) is 29.1 Å². The van der Waals surface area contributed by atoms with Gasteiger partial charge in [0.25, 0.3) is 5.91 Å². The lowest BCUT2D eigenvalue weighted by molar-refractivity contribution is 0.102. The summed E-state index contributed by atoms with van der Waals surface area (Å²) in [5.41, 5.74) is 7.73. The van der Waals surface area contributed by atoms with Gasteiger partial charge in [0.1, 0.15) is 17.5 Å². The van der Waals surface area contributed by atoms with Gasteiger partial charge in [-0.2, -0.15) is 5.26 Å². The zero-order valence-corrected chi connectivity index (χ0v) is 16.1. The third kappa shape index (κ3) is 3.29. The number of rotatable bonds is 2. The number of aromatic nitrogens is 1. The predicted octanol–water partition coefficient (Wildman–Crippen LogP) is 2.88. The third-order valence-corrected chi connectivity index (χ3v) is 6.16. The van der Waals surface area contributed by atoms with E-state index in [9.17, 15) is 4.79 Å². The van der Waals surface area contributed by atoms with Gasteiger partial charge in [0.15, 0.2) is 5.17 Å². The molecule has 0 spiro atoms. The topological polar surface area (TPSA) is 113 Å². The Morgan fingerprint density at radius 1 is 1.43 bits per heavy atom. The Morgan fingerprint density at radius 2 is 2.29 bits per heavy atom. The van der Waals surface area contributed by atoms with Crippen LogP contribution < -0.4 is 15.8 Å². The Morgan fingerprint density at radius 3 is 3.04 bits per heavy atom. The maximum Gasteiger partial charge on any atom is 0.274 e. The van der Waals surface area contributed by atoms with Gasteiger partial charge >= 0.3 is 0 Å². The van der Waals surface area contributed by atoms with E-state index in [1.807, 2.05) is 18.2 Å². The van der Waals surface area contributed by atoms with Crippen LogP contribution >= 0.6 is 11.8 Å². The number of pyridine rings is 1. The summed E-state index contributed by atoms with van der Waals surface area (Å²) >= 11 is 1.57. The zero-order chi connectivity index (χ0) is 19.7. The summed E-state index contributed by atoms with van der Waals surface area (Å²) in [6.45, 7) is 2.70. The average Bonchev–Trinajstić information content (AvgIpc) is 2.84. The summed E-state index contributed by atoms with van der Waals surface area (Å²) in [6.07, 6.45) is 2.27. The quantitative estimate of drug-likeness (QED) is 0.811. The summed E-state index contributed by atoms with van der Waals surface area (Å²) in [5, 5.41) is 12.3. The summed E-state index contributed by atoms with van der Waals surface area (Å²) in [5.74, 6) is 1.61. The number of thioether (sulfide) groups is 1. The maximum absolute atomic E-state index is 12.5. The van der Waals surface area contributed by atoms with E-state index in [2.05, 4.69) is 17.2 Å². The Bertz CT molecular complexity index is 999. The van der Waals surface area contributed by atoms with E-state index in [0.717, 1.165) is 23.5 Å². The highest BCUT2D eigenvalue weighted by Gasteiger charge is 2.42. The second kappa shape index (κ2) is 7.17. The van der Waals surface area contributed by atoms with E-state index >= 15 is 0 Å². The fraction of sp³-hybridized carbons (Fsp3) is 0.300. The van der Waals surface area contributed by atoms with Gasteiger partial charge in [-0.15, -0.1) is 0 Å². The van der Waals surface area contributed by atoms with E-state index in [-0.39, 0.29) is 11.6 Å². The second-order valence-corrected chi connectivity index (χ2v) is 7.99. The molecule has 28 heavy (non-hydrogen) atoms. The average molecular weight is 393 g/mol. The number of nitrogens with one attached hydrogen (secondary N) is 1. The van der Waals surface area contributed by atoms with Crippen molar-refractivity contribution < 1.29 is 9.53 Å². The lowest BCUT2D eigenvalue weighted by atomic mass is 9.79. The number of hydrogen-bond acceptors (Lipinski definition) is 7. The number of nitrogens with zero attached hydrogens (tertiary/aromatic N) is 3. The van der Waals surface area contributed by atoms with Gasteiger partial charge in [-0.25, -0.2) is 4.98 Å². The van der Waals surface area contributed by atoms with Crippen molar-refractivity contribution in [3.63, 3.8) is 0 Å². The van der Waals surface area contributed by atoms with E-state index in [4.69, 9.17) is 20.7 Å². The molecule has 3 N–H and O–H groups in total. The Kier molecular flexibility index (Phi) is 4.69. The van der Waals surface area contributed by atoms with E-state index in [0.29, 0.717) is 28.9 Å². The third-order valence-electron chi connectivity index (χ3n) is 5.20. The van der Waals surface area contributed by atoms with Crippen molar-refractivity contribution in [1.82, 2.24) is 4.98 Å². The molecule has 8 heteroatoms. The molecule has 1 aromatic carbocycles. The molecule has 3 heterocycles. The number of amidine groups is 1. The SMILES string of the molecule is C[C@]12N=C(N)SC[C@H]1CCOc1ccc(NC(=O)c3ccc(C#N)cn3)cc12. The van der Waals surface area contributed by atoms with Gasteiger partial charge in [0.2, 0.25) is 0 Å². The number of amides is 1. The van der Waals surface area contributed by atoms with Crippen molar-refractivity contribution in [2.24, 2.45) is 16.6 Å². The van der Waals surface area contributed by atoms with Crippen LogP contribution in [0.3, 0.4) is 0 Å². The molecule has 142 valence electrons. The summed E-state index contributed by atoms with van der Waals surface area (Å²) in [4.78, 5) is 21.3. The van der Waals surface area contributed by atoms with Crippen LogP contribution in [0.25, 0.3) is 0 Å². The number of carbonyl (C=O) groups excluding carboxylic acids is 1. The first-order valence-electron chi connectivity index (χ1n) is 8.92. The molecular weight excluding hydrogens is 374 g/mol. The molecule has 0 fully saturated rings. The number of fused-ring (bicyclic) bond motifs is 3. The van der Waals surface area contributed by atoms with E-state index in [1.165, 1.54) is 12.3 Å².